The van der Waals surface area contributed by atoms with Gasteiger partial charge >= 0.3 is 0 Å². The molecule has 0 radical (unpaired) electrons. The number of rotatable bonds is 10. The maximum Gasteiger partial charge on any atom is 0.287 e. The van der Waals surface area contributed by atoms with Gasteiger partial charge in [0.25, 0.3) is 11.8 Å². The van der Waals surface area contributed by atoms with Gasteiger partial charge in [-0.2, -0.15) is 0 Å². The maximum atomic E-state index is 13.1. The molecule has 3 aromatic carbocycles. The van der Waals surface area contributed by atoms with Crippen molar-refractivity contribution >= 4 is 29.7 Å². The van der Waals surface area contributed by atoms with Crippen LogP contribution in [0.15, 0.2) is 78.9 Å². The molecule has 1 unspecified atom stereocenters. The highest BCUT2D eigenvalue weighted by Gasteiger charge is 2.26. The lowest BCUT2D eigenvalue weighted by molar-refractivity contribution is -0.137. The Labute approximate surface area is 200 Å². The van der Waals surface area contributed by atoms with Crippen molar-refractivity contribution in [2.24, 2.45) is 5.73 Å². The van der Waals surface area contributed by atoms with Crippen LogP contribution in [0.1, 0.15) is 32.6 Å². The van der Waals surface area contributed by atoms with E-state index in [9.17, 15) is 14.4 Å². The fourth-order valence-corrected chi connectivity index (χ4v) is 3.60. The van der Waals surface area contributed by atoms with Crippen molar-refractivity contribution in [3.63, 3.8) is 0 Å². The quantitative estimate of drug-likeness (QED) is 0.362. The van der Waals surface area contributed by atoms with Crippen LogP contribution in [0.5, 0.6) is 0 Å². The fourth-order valence-electron chi connectivity index (χ4n) is 3.60. The van der Waals surface area contributed by atoms with Gasteiger partial charge in [-0.1, -0.05) is 84.9 Å². The van der Waals surface area contributed by atoms with E-state index in [4.69, 9.17) is 5.73 Å². The third kappa shape index (κ3) is 6.98. The zero-order chi connectivity index (χ0) is 24.5. The van der Waals surface area contributed by atoms with Gasteiger partial charge in [0.05, 0.1) is 0 Å². The summed E-state index contributed by atoms with van der Waals surface area (Å²) in [6, 6.07) is 23.4. The molecular weight excluding hydrogens is 426 g/mol. The lowest BCUT2D eigenvalue weighted by atomic mass is 10.00. The molecule has 0 saturated heterocycles. The molecular formula is C28H29N3O3. The molecule has 174 valence electrons. The molecule has 3 N–H and O–H groups in total. The number of benzene rings is 3. The monoisotopic (exact) mass is 455 g/mol. The normalized spacial score (nSPS) is 12.0. The smallest absolute Gasteiger partial charge is 0.287 e. The highest BCUT2D eigenvalue weighted by molar-refractivity contribution is 6.38. The number of nitrogens with zero attached hydrogens (tertiary/aromatic N) is 1. The summed E-state index contributed by atoms with van der Waals surface area (Å²) in [6.45, 7) is 0.862. The molecule has 2 amide bonds. The first-order chi connectivity index (χ1) is 16.3. The lowest BCUT2D eigenvalue weighted by Crippen LogP contribution is -2.47. The first-order valence-electron chi connectivity index (χ1n) is 11.0. The molecule has 34 heavy (non-hydrogen) atoms. The standard InChI is InChI=1S/C28H29N3O3/c1-31(2)19-22-14-12-20(13-15-22)16-17-23-10-6-7-11-24(23)28(34)30-25(26(32)27(29)33)18-21-8-4-3-5-9-21/h3-17,25H,18-19H2,1-2H3,(H2,29,33)(H,30,34). The molecule has 0 aliphatic heterocycles. The van der Waals surface area contributed by atoms with Crippen molar-refractivity contribution in [3.05, 3.63) is 107 Å². The Hall–Kier alpha value is -4.03. The van der Waals surface area contributed by atoms with E-state index in [0.717, 1.165) is 17.7 Å². The van der Waals surface area contributed by atoms with Crippen LogP contribution in [-0.2, 0) is 22.6 Å². The summed E-state index contributed by atoms with van der Waals surface area (Å²) < 4.78 is 0. The van der Waals surface area contributed by atoms with Gasteiger partial charge < -0.3 is 16.0 Å². The average Bonchev–Trinajstić information content (AvgIpc) is 2.83. The minimum absolute atomic E-state index is 0.172. The molecule has 3 rings (SSSR count). The zero-order valence-electron chi connectivity index (χ0n) is 19.4. The van der Waals surface area contributed by atoms with E-state index < -0.39 is 23.6 Å². The fraction of sp³-hybridized carbons (Fsp3) is 0.179. The topological polar surface area (TPSA) is 92.5 Å². The van der Waals surface area contributed by atoms with Crippen LogP contribution >= 0.6 is 0 Å². The number of primary amides is 1. The first kappa shape index (κ1) is 24.6. The van der Waals surface area contributed by atoms with E-state index in [0.29, 0.717) is 11.1 Å². The van der Waals surface area contributed by atoms with Crippen molar-refractivity contribution in [1.29, 1.82) is 0 Å². The van der Waals surface area contributed by atoms with E-state index >= 15 is 0 Å². The van der Waals surface area contributed by atoms with Gasteiger partial charge in [-0.25, -0.2) is 0 Å². The van der Waals surface area contributed by atoms with Crippen LogP contribution in [0.3, 0.4) is 0 Å². The van der Waals surface area contributed by atoms with Gasteiger partial charge in [0.2, 0.25) is 5.78 Å². The van der Waals surface area contributed by atoms with Crippen LogP contribution < -0.4 is 11.1 Å². The van der Waals surface area contributed by atoms with Crippen molar-refractivity contribution in [1.82, 2.24) is 10.2 Å². The number of hydrogen-bond acceptors (Lipinski definition) is 4. The Morgan fingerprint density at radius 2 is 1.50 bits per heavy atom. The number of amides is 2. The number of hydrogen-bond donors (Lipinski definition) is 2. The number of carbonyl (C=O) groups excluding carboxylic acids is 3. The van der Waals surface area contributed by atoms with Crippen molar-refractivity contribution in [3.8, 4) is 0 Å². The van der Waals surface area contributed by atoms with E-state index in [2.05, 4.69) is 22.3 Å². The molecule has 3 aromatic rings. The van der Waals surface area contributed by atoms with Crippen molar-refractivity contribution in [2.75, 3.05) is 14.1 Å². The van der Waals surface area contributed by atoms with Gasteiger partial charge in [-0.05, 0) is 42.4 Å². The molecule has 0 aliphatic rings. The molecule has 6 heteroatoms. The molecule has 6 nitrogen and oxygen atoms in total. The number of nitrogens with one attached hydrogen (secondary N) is 1. The Bertz CT molecular complexity index is 1170. The number of Topliss-reactive ketones (excluding diaryl/α,β-unsaturated/α-hetero) is 1. The second kappa shape index (κ2) is 11.7. The van der Waals surface area contributed by atoms with Crippen LogP contribution in [0.4, 0.5) is 0 Å². The molecule has 0 saturated carbocycles. The van der Waals surface area contributed by atoms with Crippen LogP contribution in [0.25, 0.3) is 12.2 Å². The summed E-state index contributed by atoms with van der Waals surface area (Å²) in [6.07, 6.45) is 3.96. The van der Waals surface area contributed by atoms with Gasteiger partial charge in [0, 0.05) is 18.5 Å². The Balaban J connectivity index is 1.78. The second-order valence-corrected chi connectivity index (χ2v) is 8.34. The summed E-state index contributed by atoms with van der Waals surface area (Å²) in [7, 11) is 4.05. The highest BCUT2D eigenvalue weighted by Crippen LogP contribution is 2.15. The first-order valence-corrected chi connectivity index (χ1v) is 11.0. The number of nitrogens with two attached hydrogens (primary N) is 1. The largest absolute Gasteiger partial charge is 0.363 e. The Morgan fingerprint density at radius 1 is 0.853 bits per heavy atom. The minimum Gasteiger partial charge on any atom is -0.363 e. The minimum atomic E-state index is -1.08. The van der Waals surface area contributed by atoms with Gasteiger partial charge in [0.15, 0.2) is 0 Å². The summed E-state index contributed by atoms with van der Waals surface area (Å²) in [5.41, 5.74) is 9.36. The molecule has 0 heterocycles. The Morgan fingerprint density at radius 3 is 2.15 bits per heavy atom. The number of ketones is 1. The average molecular weight is 456 g/mol. The summed E-state index contributed by atoms with van der Waals surface area (Å²) in [5, 5.41) is 2.70. The second-order valence-electron chi connectivity index (χ2n) is 8.34. The van der Waals surface area contributed by atoms with E-state index in [1.165, 1.54) is 5.56 Å². The molecule has 0 aliphatic carbocycles. The molecule has 0 fully saturated rings. The van der Waals surface area contributed by atoms with Gasteiger partial charge in [0.1, 0.15) is 6.04 Å². The summed E-state index contributed by atoms with van der Waals surface area (Å²) in [5.74, 6) is -2.35. The lowest BCUT2D eigenvalue weighted by Gasteiger charge is -2.17. The molecule has 0 bridgehead atoms. The summed E-state index contributed by atoms with van der Waals surface area (Å²) in [4.78, 5) is 39.2. The third-order valence-corrected chi connectivity index (χ3v) is 5.29. The maximum absolute atomic E-state index is 13.1. The Kier molecular flexibility index (Phi) is 8.48. The highest BCUT2D eigenvalue weighted by atomic mass is 16.2. The van der Waals surface area contributed by atoms with E-state index in [1.807, 2.05) is 80.8 Å². The SMILES string of the molecule is CN(C)Cc1ccc(C=Cc2ccccc2C(=O)NC(Cc2ccccc2)C(=O)C(N)=O)cc1. The molecule has 0 aromatic heterocycles. The predicted molar refractivity (Wildman–Crippen MR) is 135 cm³/mol. The molecule has 1 atom stereocenters. The van der Waals surface area contributed by atoms with Crippen molar-refractivity contribution < 1.29 is 14.4 Å². The van der Waals surface area contributed by atoms with Crippen LogP contribution in [0, 0.1) is 0 Å². The van der Waals surface area contributed by atoms with Crippen molar-refractivity contribution in [2.45, 2.75) is 19.0 Å². The third-order valence-electron chi connectivity index (χ3n) is 5.29. The van der Waals surface area contributed by atoms with Crippen LogP contribution in [-0.4, -0.2) is 42.6 Å². The van der Waals surface area contributed by atoms with Crippen LogP contribution in [0.2, 0.25) is 0 Å². The predicted octanol–water partition coefficient (Wildman–Crippen LogP) is 3.31. The zero-order valence-corrected chi connectivity index (χ0v) is 19.4. The van der Waals surface area contributed by atoms with E-state index in [-0.39, 0.29) is 6.42 Å². The summed E-state index contributed by atoms with van der Waals surface area (Å²) >= 11 is 0. The van der Waals surface area contributed by atoms with Gasteiger partial charge in [-0.3, -0.25) is 14.4 Å². The van der Waals surface area contributed by atoms with Gasteiger partial charge in [-0.15, -0.1) is 0 Å². The molecule has 0 spiro atoms. The number of carbonyl (C=O) groups is 3. The van der Waals surface area contributed by atoms with E-state index in [1.54, 1.807) is 12.1 Å².